The van der Waals surface area contributed by atoms with Crippen molar-refractivity contribution in [2.24, 2.45) is 0 Å². The monoisotopic (exact) mass is 275 g/mol. The minimum absolute atomic E-state index is 0.129. The van der Waals surface area contributed by atoms with E-state index in [1.54, 1.807) is 25.1 Å². The summed E-state index contributed by atoms with van der Waals surface area (Å²) in [5.41, 5.74) is 7.46. The molecule has 0 saturated carbocycles. The minimum Gasteiger partial charge on any atom is -0.398 e. The van der Waals surface area contributed by atoms with Crippen LogP contribution in [0.5, 0.6) is 0 Å². The lowest BCUT2D eigenvalue weighted by molar-refractivity contribution is -0.138. The molecular formula is C14H17N3O3. The van der Waals surface area contributed by atoms with Crippen LogP contribution in [0.3, 0.4) is 0 Å². The van der Waals surface area contributed by atoms with E-state index in [1.165, 1.54) is 4.90 Å². The molecule has 1 unspecified atom stereocenters. The van der Waals surface area contributed by atoms with Gasteiger partial charge in [-0.05, 0) is 31.0 Å². The van der Waals surface area contributed by atoms with Gasteiger partial charge in [-0.3, -0.25) is 19.7 Å². The van der Waals surface area contributed by atoms with Crippen molar-refractivity contribution in [3.63, 3.8) is 0 Å². The summed E-state index contributed by atoms with van der Waals surface area (Å²) in [7, 11) is 0. The van der Waals surface area contributed by atoms with Crippen molar-refractivity contribution in [2.45, 2.75) is 26.3 Å². The largest absolute Gasteiger partial charge is 0.398 e. The third-order valence-electron chi connectivity index (χ3n) is 3.34. The molecule has 0 aromatic heterocycles. The SMILES string of the molecule is CCC1C(=O)NC(=O)CN1C(=O)c1ccc(C)cc1N. The quantitative estimate of drug-likeness (QED) is 0.605. The first-order valence-corrected chi connectivity index (χ1v) is 6.44. The molecule has 20 heavy (non-hydrogen) atoms. The van der Waals surface area contributed by atoms with Crippen molar-refractivity contribution < 1.29 is 14.4 Å². The maximum atomic E-state index is 12.5. The van der Waals surface area contributed by atoms with Gasteiger partial charge < -0.3 is 10.6 Å². The lowest BCUT2D eigenvalue weighted by Gasteiger charge is -2.33. The first-order valence-electron chi connectivity index (χ1n) is 6.44. The number of hydrogen-bond acceptors (Lipinski definition) is 4. The Bertz CT molecular complexity index is 583. The summed E-state index contributed by atoms with van der Waals surface area (Å²) in [4.78, 5) is 37.0. The van der Waals surface area contributed by atoms with Crippen LogP contribution >= 0.6 is 0 Å². The number of anilines is 1. The van der Waals surface area contributed by atoms with Gasteiger partial charge in [0.15, 0.2) is 0 Å². The molecular weight excluding hydrogens is 258 g/mol. The molecule has 106 valence electrons. The van der Waals surface area contributed by atoms with E-state index in [9.17, 15) is 14.4 Å². The van der Waals surface area contributed by atoms with E-state index in [1.807, 2.05) is 6.92 Å². The number of imide groups is 1. The van der Waals surface area contributed by atoms with Crippen LogP contribution in [-0.2, 0) is 9.59 Å². The number of benzene rings is 1. The number of nitrogens with zero attached hydrogens (tertiary/aromatic N) is 1. The normalized spacial score (nSPS) is 18.9. The fourth-order valence-corrected chi connectivity index (χ4v) is 2.32. The van der Waals surface area contributed by atoms with Crippen molar-refractivity contribution in [2.75, 3.05) is 12.3 Å². The van der Waals surface area contributed by atoms with Crippen LogP contribution in [0.1, 0.15) is 29.3 Å². The summed E-state index contributed by atoms with van der Waals surface area (Å²) in [6.07, 6.45) is 0.441. The van der Waals surface area contributed by atoms with Gasteiger partial charge in [0.1, 0.15) is 12.6 Å². The Morgan fingerprint density at radius 3 is 2.75 bits per heavy atom. The van der Waals surface area contributed by atoms with Gasteiger partial charge in [0.05, 0.1) is 5.56 Å². The van der Waals surface area contributed by atoms with Gasteiger partial charge >= 0.3 is 0 Å². The highest BCUT2D eigenvalue weighted by molar-refractivity contribution is 6.08. The zero-order valence-electron chi connectivity index (χ0n) is 11.5. The molecule has 2 rings (SSSR count). The van der Waals surface area contributed by atoms with Crippen LogP contribution in [0.2, 0.25) is 0 Å². The van der Waals surface area contributed by atoms with Crippen molar-refractivity contribution in [3.8, 4) is 0 Å². The van der Waals surface area contributed by atoms with E-state index < -0.39 is 23.8 Å². The number of amides is 3. The van der Waals surface area contributed by atoms with Crippen LogP contribution in [-0.4, -0.2) is 35.2 Å². The molecule has 1 atom stereocenters. The predicted octanol–water partition coefficient (Wildman–Crippen LogP) is 0.454. The molecule has 0 bridgehead atoms. The summed E-state index contributed by atoms with van der Waals surface area (Å²) in [6.45, 7) is 3.53. The van der Waals surface area contributed by atoms with Crippen LogP contribution < -0.4 is 11.1 Å². The van der Waals surface area contributed by atoms with Gasteiger partial charge in [0, 0.05) is 5.69 Å². The highest BCUT2D eigenvalue weighted by Gasteiger charge is 2.36. The average molecular weight is 275 g/mol. The third-order valence-corrected chi connectivity index (χ3v) is 3.34. The summed E-state index contributed by atoms with van der Waals surface area (Å²) in [5, 5.41) is 2.24. The van der Waals surface area contributed by atoms with Crippen molar-refractivity contribution in [1.82, 2.24) is 10.2 Å². The van der Waals surface area contributed by atoms with Crippen LogP contribution in [0, 0.1) is 6.92 Å². The molecule has 0 spiro atoms. The van der Waals surface area contributed by atoms with Crippen LogP contribution in [0.15, 0.2) is 18.2 Å². The first-order chi connectivity index (χ1) is 9.43. The number of hydrogen-bond donors (Lipinski definition) is 2. The number of carbonyl (C=O) groups is 3. The number of carbonyl (C=O) groups excluding carboxylic acids is 3. The zero-order valence-corrected chi connectivity index (χ0v) is 11.5. The van der Waals surface area contributed by atoms with E-state index in [0.717, 1.165) is 5.56 Å². The molecule has 1 aliphatic rings. The third kappa shape index (κ3) is 2.49. The standard InChI is InChI=1S/C14H17N3O3/c1-3-11-13(19)16-12(18)7-17(11)14(20)9-5-4-8(2)6-10(9)15/h4-6,11H,3,7,15H2,1-2H3,(H,16,18,19). The fourth-order valence-electron chi connectivity index (χ4n) is 2.32. The molecule has 1 saturated heterocycles. The van der Waals surface area contributed by atoms with Crippen molar-refractivity contribution in [1.29, 1.82) is 0 Å². The number of piperazine rings is 1. The number of rotatable bonds is 2. The maximum absolute atomic E-state index is 12.5. The van der Waals surface area contributed by atoms with Crippen molar-refractivity contribution >= 4 is 23.4 Å². The van der Waals surface area contributed by atoms with E-state index in [2.05, 4.69) is 5.32 Å². The van der Waals surface area contributed by atoms with Gasteiger partial charge in [-0.2, -0.15) is 0 Å². The highest BCUT2D eigenvalue weighted by atomic mass is 16.2. The Balaban J connectivity index is 2.34. The number of nitrogen functional groups attached to an aromatic ring is 1. The summed E-state index contributed by atoms with van der Waals surface area (Å²) in [6, 6.07) is 4.45. The Hall–Kier alpha value is -2.37. The second-order valence-corrected chi connectivity index (χ2v) is 4.86. The van der Waals surface area contributed by atoms with Crippen LogP contribution in [0.4, 0.5) is 5.69 Å². The second kappa shape index (κ2) is 5.32. The summed E-state index contributed by atoms with van der Waals surface area (Å²) >= 11 is 0. The lowest BCUT2D eigenvalue weighted by Crippen LogP contribution is -2.59. The van der Waals surface area contributed by atoms with Gasteiger partial charge in [-0.25, -0.2) is 0 Å². The molecule has 0 radical (unpaired) electrons. The van der Waals surface area contributed by atoms with E-state index in [4.69, 9.17) is 5.73 Å². The number of aryl methyl sites for hydroxylation is 1. The summed E-state index contributed by atoms with van der Waals surface area (Å²) < 4.78 is 0. The number of nitrogens with two attached hydrogens (primary N) is 1. The highest BCUT2D eigenvalue weighted by Crippen LogP contribution is 2.19. The molecule has 3 N–H and O–H groups in total. The minimum atomic E-state index is -0.638. The lowest BCUT2D eigenvalue weighted by atomic mass is 10.0. The topological polar surface area (TPSA) is 92.5 Å². The predicted molar refractivity (Wildman–Crippen MR) is 73.9 cm³/mol. The van der Waals surface area contributed by atoms with Gasteiger partial charge in [0.2, 0.25) is 11.8 Å². The Morgan fingerprint density at radius 2 is 2.15 bits per heavy atom. The molecule has 3 amide bonds. The van der Waals surface area contributed by atoms with Gasteiger partial charge in [-0.15, -0.1) is 0 Å². The van der Waals surface area contributed by atoms with Crippen molar-refractivity contribution in [3.05, 3.63) is 29.3 Å². The zero-order chi connectivity index (χ0) is 14.9. The smallest absolute Gasteiger partial charge is 0.257 e. The van der Waals surface area contributed by atoms with E-state index in [0.29, 0.717) is 17.7 Å². The molecule has 1 heterocycles. The molecule has 1 aromatic carbocycles. The maximum Gasteiger partial charge on any atom is 0.257 e. The van der Waals surface area contributed by atoms with E-state index in [-0.39, 0.29) is 6.54 Å². The molecule has 0 aliphatic carbocycles. The van der Waals surface area contributed by atoms with E-state index >= 15 is 0 Å². The first kappa shape index (κ1) is 14.0. The summed E-state index contributed by atoms with van der Waals surface area (Å²) in [5.74, 6) is -1.31. The Morgan fingerprint density at radius 1 is 1.45 bits per heavy atom. The molecule has 1 aromatic rings. The number of nitrogens with one attached hydrogen (secondary N) is 1. The van der Waals surface area contributed by atoms with Crippen LogP contribution in [0.25, 0.3) is 0 Å². The molecule has 1 fully saturated rings. The molecule has 1 aliphatic heterocycles. The molecule has 6 nitrogen and oxygen atoms in total. The van der Waals surface area contributed by atoms with Gasteiger partial charge in [0.25, 0.3) is 5.91 Å². The Labute approximate surface area is 116 Å². The Kier molecular flexibility index (Phi) is 3.74. The van der Waals surface area contributed by atoms with Gasteiger partial charge in [-0.1, -0.05) is 13.0 Å². The molecule has 6 heteroatoms. The second-order valence-electron chi connectivity index (χ2n) is 4.86. The average Bonchev–Trinajstić information content (AvgIpc) is 2.37. The fraction of sp³-hybridized carbons (Fsp3) is 0.357.